The van der Waals surface area contributed by atoms with Crippen LogP contribution < -0.4 is 21.7 Å². The molecule has 0 atom stereocenters. The van der Waals surface area contributed by atoms with Crippen LogP contribution in [0, 0.1) is 5.82 Å². The molecule has 33 heavy (non-hydrogen) atoms. The van der Waals surface area contributed by atoms with Crippen molar-refractivity contribution in [1.82, 2.24) is 14.9 Å². The minimum Gasteiger partial charge on any atom is -0.403 e. The molecule has 1 aromatic heterocycles. The number of carbonyl (C=O) groups excluding carboxylic acids is 1. The predicted octanol–water partition coefficient (Wildman–Crippen LogP) is 3.12. The number of amides is 1. The van der Waals surface area contributed by atoms with Crippen molar-refractivity contribution in [3.63, 3.8) is 0 Å². The van der Waals surface area contributed by atoms with Gasteiger partial charge in [-0.25, -0.2) is 9.37 Å². The molecular formula is C23H27FN8O. The molecule has 0 saturated heterocycles. The summed E-state index contributed by atoms with van der Waals surface area (Å²) in [4.78, 5) is 26.7. The molecule has 0 saturated carbocycles. The molecule has 1 aromatic carbocycles. The molecule has 0 unspecified atom stereocenters. The number of benzene rings is 1. The van der Waals surface area contributed by atoms with Gasteiger partial charge in [0.2, 0.25) is 11.9 Å². The number of carbonyl (C=O) groups is 1. The Morgan fingerprint density at radius 2 is 2.18 bits per heavy atom. The van der Waals surface area contributed by atoms with E-state index in [0.717, 1.165) is 36.7 Å². The minimum atomic E-state index is -0.497. The Kier molecular flexibility index (Phi) is 7.87. The molecule has 0 radical (unpaired) electrons. The highest BCUT2D eigenvalue weighted by Gasteiger charge is 2.17. The van der Waals surface area contributed by atoms with Crippen molar-refractivity contribution in [2.45, 2.75) is 6.42 Å². The first-order valence-electron chi connectivity index (χ1n) is 10.3. The fraction of sp³-hybridized carbons (Fsp3) is 0.217. The summed E-state index contributed by atoms with van der Waals surface area (Å²) in [5.41, 5.74) is 8.53. The van der Waals surface area contributed by atoms with E-state index in [4.69, 9.17) is 5.73 Å². The summed E-state index contributed by atoms with van der Waals surface area (Å²) in [5.74, 6) is -0.206. The van der Waals surface area contributed by atoms with E-state index in [9.17, 15) is 9.18 Å². The van der Waals surface area contributed by atoms with Gasteiger partial charge in [-0.05, 0) is 43.3 Å². The lowest BCUT2D eigenvalue weighted by Crippen LogP contribution is -2.24. The van der Waals surface area contributed by atoms with Crippen molar-refractivity contribution in [2.24, 2.45) is 10.7 Å². The molecule has 0 fully saturated rings. The second kappa shape index (κ2) is 11.0. The van der Waals surface area contributed by atoms with Crippen molar-refractivity contribution in [1.29, 1.82) is 0 Å². The Labute approximate surface area is 192 Å². The number of aliphatic imine (C=N–C) groups is 1. The first kappa shape index (κ1) is 23.6. The molecule has 2 aromatic rings. The van der Waals surface area contributed by atoms with E-state index in [-0.39, 0.29) is 11.6 Å². The summed E-state index contributed by atoms with van der Waals surface area (Å²) in [6.45, 7) is 5.10. The quantitative estimate of drug-likeness (QED) is 0.360. The van der Waals surface area contributed by atoms with Crippen molar-refractivity contribution in [3.05, 3.63) is 66.4 Å². The van der Waals surface area contributed by atoms with Gasteiger partial charge in [0, 0.05) is 50.0 Å². The van der Waals surface area contributed by atoms with Gasteiger partial charge in [0.05, 0.1) is 11.4 Å². The van der Waals surface area contributed by atoms with Crippen LogP contribution in [0.25, 0.3) is 5.57 Å². The number of nitrogens with one attached hydrogen (secondary N) is 3. The number of nitrogens with two attached hydrogens (primary N) is 1. The van der Waals surface area contributed by atoms with Crippen molar-refractivity contribution >= 4 is 40.8 Å². The molecular weight excluding hydrogens is 423 g/mol. The van der Waals surface area contributed by atoms with E-state index in [0.29, 0.717) is 17.2 Å². The zero-order valence-electron chi connectivity index (χ0n) is 18.6. The third kappa shape index (κ3) is 6.23. The molecule has 5 N–H and O–H groups in total. The second-order valence-electron chi connectivity index (χ2n) is 7.34. The van der Waals surface area contributed by atoms with Crippen molar-refractivity contribution in [3.8, 4) is 0 Å². The fourth-order valence-corrected chi connectivity index (χ4v) is 3.19. The van der Waals surface area contributed by atoms with Crippen LogP contribution in [0.4, 0.5) is 27.5 Å². The Morgan fingerprint density at radius 1 is 1.36 bits per heavy atom. The van der Waals surface area contributed by atoms with E-state index in [2.05, 4.69) is 48.5 Å². The lowest BCUT2D eigenvalue weighted by atomic mass is 10.0. The van der Waals surface area contributed by atoms with Gasteiger partial charge < -0.3 is 26.6 Å². The summed E-state index contributed by atoms with van der Waals surface area (Å²) in [7, 11) is 3.67. The maximum Gasteiger partial charge on any atom is 0.247 e. The summed E-state index contributed by atoms with van der Waals surface area (Å²) >= 11 is 0. The molecule has 9 nitrogen and oxygen atoms in total. The van der Waals surface area contributed by atoms with Crippen molar-refractivity contribution in [2.75, 3.05) is 43.1 Å². The van der Waals surface area contributed by atoms with E-state index in [1.54, 1.807) is 13.2 Å². The van der Waals surface area contributed by atoms with Crippen LogP contribution in [0.1, 0.15) is 12.0 Å². The highest BCUT2D eigenvalue weighted by Crippen LogP contribution is 2.31. The third-order valence-corrected chi connectivity index (χ3v) is 4.92. The molecule has 0 bridgehead atoms. The first-order valence-corrected chi connectivity index (χ1v) is 10.3. The number of allylic oxidation sites excluding steroid dienone is 1. The van der Waals surface area contributed by atoms with Gasteiger partial charge in [-0.1, -0.05) is 12.7 Å². The summed E-state index contributed by atoms with van der Waals surface area (Å²) in [6.07, 6.45) is 8.62. The van der Waals surface area contributed by atoms with E-state index in [1.165, 1.54) is 30.6 Å². The predicted molar refractivity (Wildman–Crippen MR) is 131 cm³/mol. The zero-order chi connectivity index (χ0) is 23.8. The number of hydrogen-bond acceptors (Lipinski definition) is 8. The SMILES string of the molecule is C=CC(=O)Nc1ccc(F)c(Nc2nc(N/C(C=NC)=C/N)ncc2C2=CCN(C)CC2)c1. The van der Waals surface area contributed by atoms with Crippen LogP contribution in [-0.2, 0) is 4.79 Å². The Bertz CT molecular complexity index is 1130. The molecule has 172 valence electrons. The molecule has 0 spiro atoms. The van der Waals surface area contributed by atoms with Crippen LogP contribution in [-0.4, -0.2) is 54.2 Å². The maximum absolute atomic E-state index is 14.6. The Morgan fingerprint density at radius 3 is 2.85 bits per heavy atom. The standard InChI is InChI=1S/C23H27FN8O/c1-4-21(33)28-16-5-6-19(24)20(11-16)30-22-18(15-7-9-32(3)10-8-15)14-27-23(31-22)29-17(12-25)13-26-2/h4-7,11-14H,1,8-10,25H2,2-3H3,(H,28,33)(H2,27,29,30,31)/b17-12+,26-13?. The second-order valence-corrected chi connectivity index (χ2v) is 7.34. The average Bonchev–Trinajstić information content (AvgIpc) is 2.81. The molecule has 3 rings (SSSR count). The number of anilines is 4. The van der Waals surface area contributed by atoms with Crippen LogP contribution in [0.3, 0.4) is 0 Å². The maximum atomic E-state index is 14.6. The topological polar surface area (TPSA) is 121 Å². The number of aromatic nitrogens is 2. The van der Waals surface area contributed by atoms with E-state index < -0.39 is 11.7 Å². The smallest absolute Gasteiger partial charge is 0.247 e. The highest BCUT2D eigenvalue weighted by molar-refractivity contribution is 5.99. The summed E-state index contributed by atoms with van der Waals surface area (Å²) < 4.78 is 14.6. The third-order valence-electron chi connectivity index (χ3n) is 4.92. The van der Waals surface area contributed by atoms with Crippen LogP contribution in [0.2, 0.25) is 0 Å². The fourth-order valence-electron chi connectivity index (χ4n) is 3.19. The van der Waals surface area contributed by atoms with Gasteiger partial charge >= 0.3 is 0 Å². The minimum absolute atomic E-state index is 0.154. The normalized spacial score (nSPS) is 14.6. The molecule has 10 heteroatoms. The Balaban J connectivity index is 2.00. The lowest BCUT2D eigenvalue weighted by Gasteiger charge is -2.23. The van der Waals surface area contributed by atoms with E-state index in [1.807, 2.05) is 7.05 Å². The van der Waals surface area contributed by atoms with Crippen LogP contribution >= 0.6 is 0 Å². The number of nitrogens with zero attached hydrogens (tertiary/aromatic N) is 4. The van der Waals surface area contributed by atoms with Gasteiger partial charge in [0.25, 0.3) is 0 Å². The summed E-state index contributed by atoms with van der Waals surface area (Å²) in [6, 6.07) is 4.23. The molecule has 1 amide bonds. The highest BCUT2D eigenvalue weighted by atomic mass is 19.1. The van der Waals surface area contributed by atoms with Gasteiger partial charge in [-0.2, -0.15) is 4.98 Å². The number of rotatable bonds is 8. The van der Waals surface area contributed by atoms with Crippen molar-refractivity contribution < 1.29 is 9.18 Å². The largest absolute Gasteiger partial charge is 0.403 e. The molecule has 0 aliphatic carbocycles. The van der Waals surface area contributed by atoms with E-state index >= 15 is 0 Å². The number of halogens is 1. The zero-order valence-corrected chi connectivity index (χ0v) is 18.6. The summed E-state index contributed by atoms with van der Waals surface area (Å²) in [5, 5.41) is 8.68. The Hall–Kier alpha value is -4.05. The van der Waals surface area contributed by atoms with Gasteiger partial charge in [-0.15, -0.1) is 0 Å². The molecule has 1 aliphatic heterocycles. The molecule has 2 heterocycles. The van der Waals surface area contributed by atoms with Crippen LogP contribution in [0.5, 0.6) is 0 Å². The number of likely N-dealkylation sites (N-methyl/N-ethyl adjacent to an activating group) is 1. The number of hydrogen-bond donors (Lipinski definition) is 4. The molecule has 1 aliphatic rings. The first-order chi connectivity index (χ1) is 15.9. The van der Waals surface area contributed by atoms with Gasteiger partial charge in [0.15, 0.2) is 0 Å². The lowest BCUT2D eigenvalue weighted by molar-refractivity contribution is -0.111. The average molecular weight is 451 g/mol. The monoisotopic (exact) mass is 450 g/mol. The van der Waals surface area contributed by atoms with Gasteiger partial charge in [0.1, 0.15) is 11.6 Å². The van der Waals surface area contributed by atoms with Crippen LogP contribution in [0.15, 0.2) is 60.0 Å². The van der Waals surface area contributed by atoms with Gasteiger partial charge in [-0.3, -0.25) is 9.79 Å².